The molecule has 9 atom stereocenters. The Morgan fingerprint density at radius 3 is 2.45 bits per heavy atom. The van der Waals surface area contributed by atoms with Crippen LogP contribution < -0.4 is 11.1 Å². The second kappa shape index (κ2) is 11.5. The third-order valence-corrected chi connectivity index (χ3v) is 13.2. The Hall–Kier alpha value is -1.42. The minimum atomic E-state index is -0.962. The van der Waals surface area contributed by atoms with E-state index in [9.17, 15) is 24.6 Å². The highest BCUT2D eigenvalue weighted by atomic mass is 32.2. The number of carbonyl (C=O) groups is 3. The standard InChI is InChI=1S/C33H54N2O6S/c1-9-30(7)16-23(31(8)19(2)10-12-33(20(3)27(30)38)13-11-22(36)25(31)33)41-24(37)17-42-18-32(40)14-21(15-32)35-28(39)26(34)29(4,5)6/h9,19-21,23,25-27,38,40H,1,10-18,34H2,2-8H3,(H,35,39)/t19?,20-,21?,23+,25?,26?,27-,30+,31-,32?,33-/m0/s1. The van der Waals surface area contributed by atoms with Crippen LogP contribution in [-0.2, 0) is 19.1 Å². The van der Waals surface area contributed by atoms with E-state index in [1.807, 2.05) is 27.7 Å². The molecule has 4 rings (SSSR count). The second-order valence-corrected chi connectivity index (χ2v) is 16.7. The lowest BCUT2D eigenvalue weighted by Crippen LogP contribution is -2.63. The molecule has 3 unspecified atom stereocenters. The first-order chi connectivity index (χ1) is 19.3. The topological polar surface area (TPSA) is 139 Å². The normalized spacial score (nSPS) is 44.2. The number of nitrogens with one attached hydrogen (secondary N) is 1. The van der Waals surface area contributed by atoms with E-state index in [4.69, 9.17) is 10.5 Å². The number of ketones is 1. The lowest BCUT2D eigenvalue weighted by atomic mass is 9.44. The van der Waals surface area contributed by atoms with Crippen LogP contribution in [0.1, 0.15) is 93.4 Å². The van der Waals surface area contributed by atoms with Crippen molar-refractivity contribution in [3.8, 4) is 0 Å². The maximum Gasteiger partial charge on any atom is 0.316 e. The van der Waals surface area contributed by atoms with E-state index in [2.05, 4.69) is 32.7 Å². The number of rotatable bonds is 8. The van der Waals surface area contributed by atoms with Crippen molar-refractivity contribution in [1.82, 2.24) is 5.32 Å². The highest BCUT2D eigenvalue weighted by Gasteiger charge is 2.68. The Kier molecular flexibility index (Phi) is 9.16. The van der Waals surface area contributed by atoms with Crippen LogP contribution in [-0.4, -0.2) is 69.3 Å². The Labute approximate surface area is 256 Å². The second-order valence-electron chi connectivity index (χ2n) is 15.7. The predicted octanol–water partition coefficient (Wildman–Crippen LogP) is 4.01. The van der Waals surface area contributed by atoms with Crippen LogP contribution in [0.25, 0.3) is 0 Å². The first kappa shape index (κ1) is 33.5. The van der Waals surface area contributed by atoms with Gasteiger partial charge in [-0.15, -0.1) is 18.3 Å². The molecule has 4 saturated carbocycles. The van der Waals surface area contributed by atoms with Gasteiger partial charge in [0.05, 0.1) is 23.5 Å². The molecule has 4 aliphatic rings. The van der Waals surface area contributed by atoms with Crippen LogP contribution >= 0.6 is 11.8 Å². The van der Waals surface area contributed by atoms with Crippen LogP contribution in [0.4, 0.5) is 0 Å². The van der Waals surface area contributed by atoms with Crippen LogP contribution in [0.3, 0.4) is 0 Å². The lowest BCUT2D eigenvalue weighted by molar-refractivity contribution is -0.205. The fraction of sp³-hybridized carbons (Fsp3) is 0.848. The van der Waals surface area contributed by atoms with Gasteiger partial charge in [0.1, 0.15) is 11.9 Å². The predicted molar refractivity (Wildman–Crippen MR) is 166 cm³/mol. The molecule has 0 aromatic rings. The van der Waals surface area contributed by atoms with Crippen molar-refractivity contribution in [2.24, 2.45) is 45.1 Å². The molecule has 0 aromatic carbocycles. The molecule has 0 saturated heterocycles. The van der Waals surface area contributed by atoms with E-state index >= 15 is 0 Å². The number of thioether (sulfide) groups is 1. The average molecular weight is 607 g/mol. The zero-order valence-electron chi connectivity index (χ0n) is 26.7. The lowest BCUT2D eigenvalue weighted by Gasteiger charge is -2.61. The quantitative estimate of drug-likeness (QED) is 0.240. The van der Waals surface area contributed by atoms with E-state index in [0.29, 0.717) is 31.4 Å². The van der Waals surface area contributed by atoms with Crippen molar-refractivity contribution in [3.05, 3.63) is 12.7 Å². The summed E-state index contributed by atoms with van der Waals surface area (Å²) in [6, 6.07) is -0.768. The molecule has 0 radical (unpaired) electrons. The van der Waals surface area contributed by atoms with E-state index in [0.717, 1.165) is 19.3 Å². The Balaban J connectivity index is 1.42. The number of aliphatic hydroxyl groups excluding tert-OH is 1. The minimum Gasteiger partial charge on any atom is -0.461 e. The van der Waals surface area contributed by atoms with Crippen molar-refractivity contribution in [3.63, 3.8) is 0 Å². The number of nitrogens with two attached hydrogens (primary N) is 1. The van der Waals surface area contributed by atoms with E-state index in [1.54, 1.807) is 6.08 Å². The number of carbonyl (C=O) groups excluding carboxylic acids is 3. The minimum absolute atomic E-state index is 0.0721. The molecule has 0 spiro atoms. The molecule has 0 aliphatic heterocycles. The van der Waals surface area contributed by atoms with Crippen LogP contribution in [0, 0.1) is 39.4 Å². The van der Waals surface area contributed by atoms with Gasteiger partial charge in [-0.3, -0.25) is 14.4 Å². The number of aliphatic hydroxyl groups is 2. The number of esters is 1. The van der Waals surface area contributed by atoms with E-state index < -0.39 is 34.7 Å². The number of amides is 1. The number of Topliss-reactive ketones (excluding diaryl/α,β-unsaturated/α-hetero) is 1. The molecule has 9 heteroatoms. The van der Waals surface area contributed by atoms with E-state index in [-0.39, 0.29) is 58.0 Å². The molecule has 42 heavy (non-hydrogen) atoms. The fourth-order valence-corrected chi connectivity index (χ4v) is 9.73. The monoisotopic (exact) mass is 606 g/mol. The zero-order chi connectivity index (χ0) is 31.5. The summed E-state index contributed by atoms with van der Waals surface area (Å²) < 4.78 is 6.30. The number of hydrogen-bond donors (Lipinski definition) is 4. The average Bonchev–Trinajstić information content (AvgIpc) is 3.25. The van der Waals surface area contributed by atoms with Gasteiger partial charge in [0.2, 0.25) is 5.91 Å². The molecule has 2 bridgehead atoms. The third-order valence-electron chi connectivity index (χ3n) is 12.0. The summed E-state index contributed by atoms with van der Waals surface area (Å²) in [6.07, 6.45) is 4.88. The summed E-state index contributed by atoms with van der Waals surface area (Å²) in [6.45, 7) is 18.2. The highest BCUT2D eigenvalue weighted by Crippen LogP contribution is 2.68. The molecule has 5 N–H and O–H groups in total. The van der Waals surface area contributed by atoms with Gasteiger partial charge >= 0.3 is 5.97 Å². The van der Waals surface area contributed by atoms with Gasteiger partial charge in [-0.05, 0) is 61.2 Å². The Morgan fingerprint density at radius 2 is 1.86 bits per heavy atom. The van der Waals surface area contributed by atoms with Crippen molar-refractivity contribution in [2.75, 3.05) is 11.5 Å². The molecule has 0 heterocycles. The van der Waals surface area contributed by atoms with E-state index in [1.165, 1.54) is 11.8 Å². The van der Waals surface area contributed by atoms with Crippen LogP contribution in [0.2, 0.25) is 0 Å². The molecule has 4 fully saturated rings. The largest absolute Gasteiger partial charge is 0.461 e. The summed E-state index contributed by atoms with van der Waals surface area (Å²) in [7, 11) is 0. The third kappa shape index (κ3) is 5.72. The first-order valence-corrected chi connectivity index (χ1v) is 16.9. The molecule has 4 aliphatic carbocycles. The van der Waals surface area contributed by atoms with Crippen molar-refractivity contribution < 1.29 is 29.3 Å². The molecule has 1 amide bonds. The molecular weight excluding hydrogens is 552 g/mol. The number of ether oxygens (including phenoxy) is 1. The van der Waals surface area contributed by atoms with Crippen molar-refractivity contribution >= 4 is 29.4 Å². The highest BCUT2D eigenvalue weighted by molar-refractivity contribution is 8.00. The SMILES string of the molecule is C=C[C@]1(C)C[C@@H](OC(=O)CSCC2(O)CC(NC(=O)C(N)C(C)(C)C)C2)[C@]2(C)C(C)CC[C@]3(CCC(=O)C32)[C@@H](C)[C@@H]1O. The van der Waals surface area contributed by atoms with Gasteiger partial charge in [0, 0.05) is 35.0 Å². The summed E-state index contributed by atoms with van der Waals surface area (Å²) in [4.78, 5) is 39.3. The summed E-state index contributed by atoms with van der Waals surface area (Å²) >= 11 is 1.32. The summed E-state index contributed by atoms with van der Waals surface area (Å²) in [5.41, 5.74) is 3.22. The van der Waals surface area contributed by atoms with Gasteiger partial charge in [0.25, 0.3) is 0 Å². The summed E-state index contributed by atoms with van der Waals surface area (Å²) in [5, 5.41) is 25.5. The molecule has 8 nitrogen and oxygen atoms in total. The van der Waals surface area contributed by atoms with Gasteiger partial charge in [-0.2, -0.15) is 0 Å². The van der Waals surface area contributed by atoms with Gasteiger partial charge < -0.3 is 26.0 Å². The molecule has 238 valence electrons. The number of hydrogen-bond acceptors (Lipinski definition) is 8. The van der Waals surface area contributed by atoms with Gasteiger partial charge in [-0.25, -0.2) is 0 Å². The van der Waals surface area contributed by atoms with Gasteiger partial charge in [0.15, 0.2) is 0 Å². The van der Waals surface area contributed by atoms with Crippen molar-refractivity contribution in [1.29, 1.82) is 0 Å². The Morgan fingerprint density at radius 1 is 1.21 bits per heavy atom. The maximum atomic E-state index is 13.5. The zero-order valence-corrected chi connectivity index (χ0v) is 27.5. The van der Waals surface area contributed by atoms with Gasteiger partial charge in [-0.1, -0.05) is 54.5 Å². The maximum absolute atomic E-state index is 13.5. The fourth-order valence-electron chi connectivity index (χ4n) is 8.78. The first-order valence-electron chi connectivity index (χ1n) is 15.7. The van der Waals surface area contributed by atoms with Crippen LogP contribution in [0.5, 0.6) is 0 Å². The summed E-state index contributed by atoms with van der Waals surface area (Å²) in [5.74, 6) is -0.0906. The molecular formula is C33H54N2O6S. The smallest absolute Gasteiger partial charge is 0.316 e. The molecule has 0 aromatic heterocycles. The van der Waals surface area contributed by atoms with Crippen LogP contribution in [0.15, 0.2) is 12.7 Å². The van der Waals surface area contributed by atoms with Crippen molar-refractivity contribution in [2.45, 2.75) is 123 Å². The Bertz CT molecular complexity index is 1080.